The van der Waals surface area contributed by atoms with Gasteiger partial charge in [0.25, 0.3) is 5.91 Å². The van der Waals surface area contributed by atoms with Crippen molar-refractivity contribution in [1.29, 1.82) is 0 Å². The Morgan fingerprint density at radius 2 is 1.70 bits per heavy atom. The molecule has 3 aromatic rings. The minimum Gasteiger partial charge on any atom is -0.366 e. The molecule has 0 radical (unpaired) electrons. The van der Waals surface area contributed by atoms with Crippen LogP contribution in [0.3, 0.4) is 0 Å². The average molecular weight is 449 g/mol. The Kier molecular flexibility index (Phi) is 6.39. The third-order valence-electron chi connectivity index (χ3n) is 4.54. The number of hydrogen-bond donors (Lipinski definition) is 1. The van der Waals surface area contributed by atoms with Crippen LogP contribution in [0.4, 0.5) is 14.5 Å². The topological polar surface area (TPSA) is 63.4 Å². The van der Waals surface area contributed by atoms with Crippen molar-refractivity contribution in [1.82, 2.24) is 0 Å². The van der Waals surface area contributed by atoms with E-state index in [1.165, 1.54) is 42.5 Å². The van der Waals surface area contributed by atoms with E-state index in [0.717, 1.165) is 11.0 Å². The first-order valence-electron chi connectivity index (χ1n) is 8.89. The normalized spacial score (nSPS) is 10.7. The molecule has 0 atom stereocenters. The van der Waals surface area contributed by atoms with Crippen LogP contribution in [-0.4, -0.2) is 18.4 Å². The maximum atomic E-state index is 15.0. The van der Waals surface area contributed by atoms with Crippen LogP contribution in [0.5, 0.6) is 0 Å². The molecule has 0 fully saturated rings. The van der Waals surface area contributed by atoms with Crippen LogP contribution in [0.25, 0.3) is 11.1 Å². The molecule has 0 saturated carbocycles. The van der Waals surface area contributed by atoms with Gasteiger partial charge in [0.1, 0.15) is 11.6 Å². The molecule has 8 heteroatoms. The number of nitrogens with zero attached hydrogens (tertiary/aromatic N) is 1. The lowest BCUT2D eigenvalue weighted by Gasteiger charge is -2.23. The molecule has 2 amide bonds. The Morgan fingerprint density at radius 3 is 2.30 bits per heavy atom. The fourth-order valence-electron chi connectivity index (χ4n) is 3.05. The number of anilines is 1. The SMILES string of the molecule is CCN(C(=O)c1c(F)cccc1Cl)c1ccc(-c2cc(C(N)=O)ccc2Cl)cc1F. The van der Waals surface area contributed by atoms with E-state index in [4.69, 9.17) is 28.9 Å². The summed E-state index contributed by atoms with van der Waals surface area (Å²) in [6.45, 7) is 1.71. The predicted octanol–water partition coefficient (Wildman–Crippen LogP) is 5.70. The molecule has 0 unspecified atom stereocenters. The lowest BCUT2D eigenvalue weighted by Crippen LogP contribution is -2.32. The largest absolute Gasteiger partial charge is 0.366 e. The molecule has 3 rings (SSSR count). The number of carbonyl (C=O) groups excluding carboxylic acids is 2. The quantitative estimate of drug-likeness (QED) is 0.543. The Morgan fingerprint density at radius 1 is 0.967 bits per heavy atom. The van der Waals surface area contributed by atoms with Gasteiger partial charge in [0.05, 0.1) is 16.3 Å². The molecule has 30 heavy (non-hydrogen) atoms. The number of rotatable bonds is 5. The summed E-state index contributed by atoms with van der Waals surface area (Å²) in [5.41, 5.74) is 5.93. The summed E-state index contributed by atoms with van der Waals surface area (Å²) in [7, 11) is 0. The molecule has 0 bridgehead atoms. The van der Waals surface area contributed by atoms with Crippen LogP contribution in [0, 0.1) is 11.6 Å². The second kappa shape index (κ2) is 8.81. The number of benzene rings is 3. The van der Waals surface area contributed by atoms with Crippen LogP contribution in [0.15, 0.2) is 54.6 Å². The molecular formula is C22H16Cl2F2N2O2. The molecule has 154 valence electrons. The minimum atomic E-state index is -0.793. The lowest BCUT2D eigenvalue weighted by atomic mass is 10.0. The van der Waals surface area contributed by atoms with E-state index >= 15 is 0 Å². The first-order chi connectivity index (χ1) is 14.2. The van der Waals surface area contributed by atoms with Crippen LogP contribution < -0.4 is 10.6 Å². The summed E-state index contributed by atoms with van der Waals surface area (Å²) in [6.07, 6.45) is 0. The van der Waals surface area contributed by atoms with E-state index in [0.29, 0.717) is 16.1 Å². The highest BCUT2D eigenvalue weighted by Crippen LogP contribution is 2.33. The lowest BCUT2D eigenvalue weighted by molar-refractivity contribution is 0.0980. The van der Waals surface area contributed by atoms with Crippen molar-refractivity contribution in [2.75, 3.05) is 11.4 Å². The predicted molar refractivity (Wildman–Crippen MR) is 114 cm³/mol. The van der Waals surface area contributed by atoms with Gasteiger partial charge in [0, 0.05) is 22.7 Å². The van der Waals surface area contributed by atoms with E-state index in [1.54, 1.807) is 13.0 Å². The van der Waals surface area contributed by atoms with Crippen molar-refractivity contribution in [2.45, 2.75) is 6.92 Å². The molecule has 0 saturated heterocycles. The van der Waals surface area contributed by atoms with Gasteiger partial charge < -0.3 is 10.6 Å². The Balaban J connectivity index is 2.03. The number of nitrogens with two attached hydrogens (primary N) is 1. The molecule has 0 spiro atoms. The number of hydrogen-bond acceptors (Lipinski definition) is 2. The van der Waals surface area contributed by atoms with Gasteiger partial charge in [-0.3, -0.25) is 9.59 Å². The van der Waals surface area contributed by atoms with Crippen molar-refractivity contribution >= 4 is 40.7 Å². The fraction of sp³-hybridized carbons (Fsp3) is 0.0909. The van der Waals surface area contributed by atoms with Gasteiger partial charge >= 0.3 is 0 Å². The van der Waals surface area contributed by atoms with Crippen LogP contribution >= 0.6 is 23.2 Å². The maximum Gasteiger partial charge on any atom is 0.262 e. The van der Waals surface area contributed by atoms with E-state index in [1.807, 2.05) is 0 Å². The maximum absolute atomic E-state index is 15.0. The number of halogens is 4. The Bertz CT molecular complexity index is 1130. The minimum absolute atomic E-state index is 0.0484. The zero-order valence-corrected chi connectivity index (χ0v) is 17.3. The third kappa shape index (κ3) is 4.15. The van der Waals surface area contributed by atoms with Gasteiger partial charge in [-0.2, -0.15) is 0 Å². The van der Waals surface area contributed by atoms with Gasteiger partial charge in [-0.15, -0.1) is 0 Å². The third-order valence-corrected chi connectivity index (χ3v) is 5.18. The van der Waals surface area contributed by atoms with Crippen LogP contribution in [-0.2, 0) is 0 Å². The first kappa shape index (κ1) is 21.7. The van der Waals surface area contributed by atoms with Crippen molar-refractivity contribution in [3.05, 3.63) is 87.4 Å². The summed E-state index contributed by atoms with van der Waals surface area (Å²) in [4.78, 5) is 25.4. The molecule has 4 nitrogen and oxygen atoms in total. The average Bonchev–Trinajstić information content (AvgIpc) is 2.69. The Hall–Kier alpha value is -2.96. The van der Waals surface area contributed by atoms with Gasteiger partial charge in [0.2, 0.25) is 5.91 Å². The number of amides is 2. The smallest absolute Gasteiger partial charge is 0.262 e. The van der Waals surface area contributed by atoms with Gasteiger partial charge in [0.15, 0.2) is 0 Å². The standard InChI is InChI=1S/C22H16Cl2F2N2O2/c1-2-28(22(30)20-16(24)4-3-5-17(20)25)19-9-7-12(11-18(19)26)14-10-13(21(27)29)6-8-15(14)23/h3-11H,2H2,1H3,(H2,27,29). The Labute approximate surface area is 181 Å². The molecule has 0 aliphatic heterocycles. The monoisotopic (exact) mass is 448 g/mol. The second-order valence-electron chi connectivity index (χ2n) is 6.37. The zero-order chi connectivity index (χ0) is 22.0. The van der Waals surface area contributed by atoms with Gasteiger partial charge in [-0.25, -0.2) is 8.78 Å². The zero-order valence-electron chi connectivity index (χ0n) is 15.8. The molecule has 2 N–H and O–H groups in total. The van der Waals surface area contributed by atoms with Gasteiger partial charge in [-0.1, -0.05) is 35.3 Å². The number of primary amides is 1. The van der Waals surface area contributed by atoms with E-state index < -0.39 is 23.4 Å². The van der Waals surface area contributed by atoms with Crippen molar-refractivity contribution < 1.29 is 18.4 Å². The summed E-state index contributed by atoms with van der Waals surface area (Å²) in [5, 5.41) is 0.235. The van der Waals surface area contributed by atoms with E-state index in [2.05, 4.69) is 0 Å². The molecule has 0 heterocycles. The van der Waals surface area contributed by atoms with Crippen LogP contribution in [0.2, 0.25) is 10.0 Å². The summed E-state index contributed by atoms with van der Waals surface area (Å²) >= 11 is 12.2. The first-order valence-corrected chi connectivity index (χ1v) is 9.65. The summed E-state index contributed by atoms with van der Waals surface area (Å²) in [6, 6.07) is 12.4. The number of carbonyl (C=O) groups is 2. The van der Waals surface area contributed by atoms with Crippen molar-refractivity contribution in [3.63, 3.8) is 0 Å². The van der Waals surface area contributed by atoms with E-state index in [-0.39, 0.29) is 28.4 Å². The van der Waals surface area contributed by atoms with Crippen LogP contribution in [0.1, 0.15) is 27.6 Å². The van der Waals surface area contributed by atoms with Crippen molar-refractivity contribution in [3.8, 4) is 11.1 Å². The van der Waals surface area contributed by atoms with Gasteiger partial charge in [-0.05, 0) is 55.0 Å². The van der Waals surface area contributed by atoms with Crippen molar-refractivity contribution in [2.24, 2.45) is 5.73 Å². The molecule has 0 aliphatic rings. The highest BCUT2D eigenvalue weighted by Gasteiger charge is 2.24. The molecule has 0 aromatic heterocycles. The molecule has 3 aromatic carbocycles. The van der Waals surface area contributed by atoms with E-state index in [9.17, 15) is 18.4 Å². The summed E-state index contributed by atoms with van der Waals surface area (Å²) in [5.74, 6) is -2.93. The molecular weight excluding hydrogens is 433 g/mol. The summed E-state index contributed by atoms with van der Waals surface area (Å²) < 4.78 is 29.2. The highest BCUT2D eigenvalue weighted by atomic mass is 35.5. The fourth-order valence-corrected chi connectivity index (χ4v) is 3.52. The second-order valence-corrected chi connectivity index (χ2v) is 7.19. The molecule has 0 aliphatic carbocycles. The highest BCUT2D eigenvalue weighted by molar-refractivity contribution is 6.34.